The van der Waals surface area contributed by atoms with Crippen LogP contribution in [-0.2, 0) is 0 Å². The monoisotopic (exact) mass is 716 g/mol. The number of hydrogen-bond donors (Lipinski definition) is 0. The molecule has 0 radical (unpaired) electrons. The Morgan fingerprint density at radius 3 is 1.58 bits per heavy atom. The maximum absolute atomic E-state index is 9.68. The van der Waals surface area contributed by atoms with Gasteiger partial charge in [0.05, 0.1) is 20.6 Å². The quantitative estimate of drug-likeness (QED) is 0.166. The fourth-order valence-electron chi connectivity index (χ4n) is 6.91. The summed E-state index contributed by atoms with van der Waals surface area (Å²) in [6.45, 7) is 0. The summed E-state index contributed by atoms with van der Waals surface area (Å²) in [7, 11) is 0. The van der Waals surface area contributed by atoms with Crippen molar-refractivity contribution in [1.29, 1.82) is 0 Å². The largest absolute Gasteiger partial charge is 0.456 e. The SMILES string of the molecule is [2H]c1c([2H])c(-c2c([2H])c([2H])c3c4c([2H])c([2H])c([2H])c([2H])c4c4c([2H])c([2H])c([2H])c([2H])c4c3c2[2H])c([2H])c([2H])c1-c1nc(-c2cccc(-c3ccccc3)c2)nc(-c2ccc3c(c2)oc2ccccc23)n1. The number of hydrogen-bond acceptors (Lipinski definition) is 4. The number of benzene rings is 9. The molecule has 256 valence electrons. The van der Waals surface area contributed by atoms with Crippen molar-refractivity contribution in [2.24, 2.45) is 0 Å². The number of fused-ring (bicyclic) bond motifs is 9. The highest BCUT2D eigenvalue weighted by molar-refractivity contribution is 6.25. The van der Waals surface area contributed by atoms with E-state index in [0.717, 1.165) is 21.9 Å². The van der Waals surface area contributed by atoms with Crippen molar-refractivity contribution in [1.82, 2.24) is 15.0 Å². The number of aromatic nitrogens is 3. The first-order valence-electron chi connectivity index (χ1n) is 24.8. The summed E-state index contributed by atoms with van der Waals surface area (Å²) in [5.74, 6) is 0.0171. The lowest BCUT2D eigenvalue weighted by Crippen LogP contribution is -2.00. The molecule has 2 aromatic heterocycles. The fourth-order valence-corrected chi connectivity index (χ4v) is 6.91. The van der Waals surface area contributed by atoms with Gasteiger partial charge in [0.1, 0.15) is 11.2 Å². The lowest BCUT2D eigenvalue weighted by molar-refractivity contribution is 0.669. The van der Waals surface area contributed by atoms with Crippen LogP contribution in [-0.4, -0.2) is 15.0 Å². The van der Waals surface area contributed by atoms with Crippen LogP contribution in [0.4, 0.5) is 0 Å². The zero-order chi connectivity index (χ0) is 49.3. The van der Waals surface area contributed by atoms with Gasteiger partial charge in [0.2, 0.25) is 0 Å². The average molecular weight is 717 g/mol. The molecule has 0 fully saturated rings. The molecule has 4 nitrogen and oxygen atoms in total. The van der Waals surface area contributed by atoms with Crippen LogP contribution in [0.3, 0.4) is 0 Å². The molecule has 0 N–H and O–H groups in total. The van der Waals surface area contributed by atoms with E-state index >= 15 is 0 Å². The van der Waals surface area contributed by atoms with Crippen molar-refractivity contribution >= 4 is 54.3 Å². The van der Waals surface area contributed by atoms with E-state index in [4.69, 9.17) is 30.3 Å². The highest BCUT2D eigenvalue weighted by Crippen LogP contribution is 2.38. The minimum absolute atomic E-state index is 0.116. The molecule has 2 heterocycles. The molecule has 0 aliphatic rings. The van der Waals surface area contributed by atoms with E-state index in [1.54, 1.807) is 18.2 Å². The van der Waals surface area contributed by atoms with Crippen LogP contribution < -0.4 is 0 Å². The standard InChI is InChI=1S/C51H31N3O/c1-2-11-32(12-3-1)35-13-10-14-37(29-35)50-52-49(53-51(54-50)38-26-28-45-44-19-8-9-20-47(44)55-48(45)31-38)34-23-21-33(22-24-34)36-25-27-43-41-17-5-4-15-39(41)40-16-6-7-18-42(40)46(43)30-36/h1-31H/i4D,5D,6D,7D,15D,16D,17D,18D,21D,22D,23D,24D,25D,27D,30D. The normalized spacial score (nSPS) is 15.5. The lowest BCUT2D eigenvalue weighted by atomic mass is 9.92. The summed E-state index contributed by atoms with van der Waals surface area (Å²) in [5.41, 5.74) is 2.50. The molecular weight excluding hydrogens is 671 g/mol. The van der Waals surface area contributed by atoms with Gasteiger partial charge in [-0.25, -0.2) is 15.0 Å². The first-order valence-corrected chi connectivity index (χ1v) is 17.3. The van der Waals surface area contributed by atoms with E-state index in [0.29, 0.717) is 22.3 Å². The zero-order valence-electron chi connectivity index (χ0n) is 43.5. The van der Waals surface area contributed by atoms with E-state index in [9.17, 15) is 9.60 Å². The molecule has 11 aromatic rings. The second kappa shape index (κ2) is 12.6. The van der Waals surface area contributed by atoms with Gasteiger partial charge in [-0.1, -0.05) is 157 Å². The lowest BCUT2D eigenvalue weighted by Gasteiger charge is -2.12. The van der Waals surface area contributed by atoms with Crippen LogP contribution in [0, 0.1) is 0 Å². The Kier molecular flexibility index (Phi) is 4.49. The molecule has 11 rings (SSSR count). The van der Waals surface area contributed by atoms with Gasteiger partial charge < -0.3 is 4.42 Å². The molecule has 0 saturated carbocycles. The molecule has 0 atom stereocenters. The van der Waals surface area contributed by atoms with Gasteiger partial charge in [-0.05, 0) is 84.9 Å². The van der Waals surface area contributed by atoms with Crippen molar-refractivity contribution < 1.29 is 25.0 Å². The Labute approximate surface area is 338 Å². The van der Waals surface area contributed by atoms with Gasteiger partial charge >= 0.3 is 0 Å². The Balaban J connectivity index is 1.18. The van der Waals surface area contributed by atoms with Crippen LogP contribution in [0.25, 0.3) is 111 Å². The summed E-state index contributed by atoms with van der Waals surface area (Å²) >= 11 is 0. The van der Waals surface area contributed by atoms with E-state index in [2.05, 4.69) is 0 Å². The van der Waals surface area contributed by atoms with Crippen LogP contribution in [0.2, 0.25) is 0 Å². The number of para-hydroxylation sites is 1. The first-order chi connectivity index (χ1) is 33.5. The number of furan rings is 1. The Bertz CT molecular complexity index is 4070. The molecule has 0 unspecified atom stereocenters. The second-order valence-corrected chi connectivity index (χ2v) is 12.8. The van der Waals surface area contributed by atoms with Gasteiger partial charge in [-0.3, -0.25) is 0 Å². The summed E-state index contributed by atoms with van der Waals surface area (Å²) in [4.78, 5) is 14.4. The van der Waals surface area contributed by atoms with Gasteiger partial charge in [0.25, 0.3) is 0 Å². The van der Waals surface area contributed by atoms with Gasteiger partial charge in [-0.2, -0.15) is 0 Å². The van der Waals surface area contributed by atoms with E-state index in [1.165, 1.54) is 0 Å². The summed E-state index contributed by atoms with van der Waals surface area (Å²) in [6.07, 6.45) is 0. The molecule has 0 amide bonds. The third kappa shape index (κ3) is 5.34. The zero-order valence-corrected chi connectivity index (χ0v) is 28.5. The van der Waals surface area contributed by atoms with E-state index in [-0.39, 0.29) is 50.0 Å². The maximum Gasteiger partial charge on any atom is 0.164 e. The van der Waals surface area contributed by atoms with Crippen molar-refractivity contribution in [3.63, 3.8) is 0 Å². The number of rotatable bonds is 5. The molecule has 0 aliphatic carbocycles. The third-order valence-corrected chi connectivity index (χ3v) is 9.54. The van der Waals surface area contributed by atoms with Crippen molar-refractivity contribution in [2.45, 2.75) is 0 Å². The number of nitrogens with zero attached hydrogens (tertiary/aromatic N) is 3. The Hall–Kier alpha value is -7.43. The molecular formula is C51H31N3O. The topological polar surface area (TPSA) is 51.8 Å². The molecule has 0 bridgehead atoms. The van der Waals surface area contributed by atoms with Gasteiger partial charge in [0.15, 0.2) is 17.5 Å². The smallest absolute Gasteiger partial charge is 0.164 e. The molecule has 4 heteroatoms. The van der Waals surface area contributed by atoms with Gasteiger partial charge in [0, 0.05) is 27.5 Å². The second-order valence-electron chi connectivity index (χ2n) is 12.8. The highest BCUT2D eigenvalue weighted by Gasteiger charge is 2.16. The molecule has 55 heavy (non-hydrogen) atoms. The van der Waals surface area contributed by atoms with Crippen LogP contribution in [0.5, 0.6) is 0 Å². The third-order valence-electron chi connectivity index (χ3n) is 9.54. The van der Waals surface area contributed by atoms with E-state index < -0.39 is 107 Å². The average Bonchev–Trinajstić information content (AvgIpc) is 3.75. The van der Waals surface area contributed by atoms with Crippen LogP contribution in [0.1, 0.15) is 20.6 Å². The minimum atomic E-state index is -0.788. The van der Waals surface area contributed by atoms with Crippen molar-refractivity contribution in [3.05, 3.63) is 188 Å². The van der Waals surface area contributed by atoms with Crippen molar-refractivity contribution in [3.8, 4) is 56.4 Å². The first kappa shape index (κ1) is 19.6. The molecule has 0 aliphatic heterocycles. The molecule has 9 aromatic carbocycles. The molecule has 0 spiro atoms. The maximum atomic E-state index is 9.68. The molecule has 0 saturated heterocycles. The van der Waals surface area contributed by atoms with E-state index in [1.807, 2.05) is 78.9 Å². The summed E-state index contributed by atoms with van der Waals surface area (Å²) in [6, 6.07) is 19.4. The van der Waals surface area contributed by atoms with Crippen LogP contribution in [0.15, 0.2) is 192 Å². The summed E-state index contributed by atoms with van der Waals surface area (Å²) in [5, 5.41) is -0.476. The predicted octanol–water partition coefficient (Wildman–Crippen LogP) is 13.6. The minimum Gasteiger partial charge on any atom is -0.456 e. The highest BCUT2D eigenvalue weighted by atomic mass is 16.3. The fraction of sp³-hybridized carbons (Fsp3) is 0. The Morgan fingerprint density at radius 2 is 0.855 bits per heavy atom. The predicted molar refractivity (Wildman–Crippen MR) is 227 cm³/mol. The van der Waals surface area contributed by atoms with Gasteiger partial charge in [-0.15, -0.1) is 0 Å². The van der Waals surface area contributed by atoms with Crippen LogP contribution >= 0.6 is 0 Å². The summed E-state index contributed by atoms with van der Waals surface area (Å²) < 4.78 is 142. The van der Waals surface area contributed by atoms with Crippen molar-refractivity contribution in [2.75, 3.05) is 0 Å². The Morgan fingerprint density at radius 1 is 0.327 bits per heavy atom.